The number of nitrogens with zero attached hydrogens (tertiary/aromatic N) is 2. The molecule has 0 aliphatic heterocycles. The van der Waals surface area contributed by atoms with Crippen LogP contribution >= 0.6 is 0 Å². The number of carbonyl (C=O) groups excluding carboxylic acids is 11. The molecule has 0 aliphatic carbocycles. The lowest BCUT2D eigenvalue weighted by molar-refractivity contribution is -0.155. The van der Waals surface area contributed by atoms with Crippen molar-refractivity contribution in [3.63, 3.8) is 0 Å². The Balaban J connectivity index is 3.70. The number of hydrogen-bond acceptors (Lipinski definition) is 20. The van der Waals surface area contributed by atoms with Crippen LogP contribution in [0.25, 0.3) is 0 Å². The maximum absolute atomic E-state index is 14.6. The summed E-state index contributed by atoms with van der Waals surface area (Å²) in [6.45, 7) is 15.1. The largest absolute Gasteiger partial charge is 0.508 e. The molecule has 0 aromatic heterocycles. The van der Waals surface area contributed by atoms with E-state index >= 15 is 0 Å². The molecule has 2 unspecified atom stereocenters. The van der Waals surface area contributed by atoms with Crippen molar-refractivity contribution in [1.82, 2.24) is 52.8 Å². The molecule has 0 heterocycles. The predicted molar refractivity (Wildman–Crippen MR) is 343 cm³/mol. The Kier molecular flexibility index (Phi) is 36.9. The molecule has 0 saturated carbocycles. The molecular formula is C60H104N16O18. The summed E-state index contributed by atoms with van der Waals surface area (Å²) in [5.74, 6) is -15.9. The number of benzene rings is 1. The van der Waals surface area contributed by atoms with Crippen LogP contribution in [0.2, 0.25) is 0 Å². The summed E-state index contributed by atoms with van der Waals surface area (Å²) in [6.07, 6.45) is -5.70. The van der Waals surface area contributed by atoms with Gasteiger partial charge in [-0.25, -0.2) is 4.79 Å². The molecule has 1 aromatic rings. The van der Waals surface area contributed by atoms with Gasteiger partial charge in [0.05, 0.1) is 31.4 Å². The van der Waals surface area contributed by atoms with Gasteiger partial charge < -0.3 is 112 Å². The van der Waals surface area contributed by atoms with Gasteiger partial charge in [0.2, 0.25) is 65.0 Å². The van der Waals surface area contributed by atoms with E-state index in [-0.39, 0.29) is 81.1 Å². The van der Waals surface area contributed by atoms with Crippen molar-refractivity contribution in [3.05, 3.63) is 29.8 Å². The molecule has 0 radical (unpaired) electrons. The zero-order valence-electron chi connectivity index (χ0n) is 55.6. The topological polar surface area (TPSA) is 580 Å². The van der Waals surface area contributed by atoms with Crippen LogP contribution in [0.1, 0.15) is 120 Å². The number of aliphatic hydroxyl groups is 4. The number of phenols is 1. The number of primary amides is 1. The van der Waals surface area contributed by atoms with Crippen LogP contribution in [0.15, 0.2) is 29.3 Å². The van der Waals surface area contributed by atoms with Crippen molar-refractivity contribution in [1.29, 1.82) is 0 Å². The van der Waals surface area contributed by atoms with E-state index in [4.69, 9.17) is 28.7 Å². The van der Waals surface area contributed by atoms with Gasteiger partial charge in [-0.15, -0.1) is 0 Å². The normalized spacial score (nSPS) is 15.9. The second-order valence-electron chi connectivity index (χ2n) is 24.8. The van der Waals surface area contributed by atoms with Gasteiger partial charge in [0, 0.05) is 26.1 Å². The standard InChI is InChI=1S/C60H104N16O18/c1-12-32(10)43(56(90)74-44(33(11)78)55(89)67-26-42(80)72-46(48(82)49(63)83)58(92)76(20-18-61)41(27-77)59(93)94)73-51(85)37(17-14-19-66-60(64)65)68-52(86)39(23-30(6)7)71-57(91)45(47(81)31(8)9)75-54(88)40(25-34-15-13-16-35(79)24-34)70-53(87)38(22-29(4)5)69-50(84)36(62)21-28(2)3/h13,15-16,24,28-33,36-41,43-48,77-79,81-82H,12,14,17-23,25-27,61-62H2,1-11H3,(H2,63,83)(H,67,89)(H,68,86)(H,69,84)(H,70,87)(H,71,91)(H,72,80)(H,73,85)(H,74,90)(H,75,88)(H,93,94)(H4,64,65,66)/t32-,33-,36+,37+,38-,39-,40-,41-,43-,44-,45-,46-,47?,48?/m0/s1. The van der Waals surface area contributed by atoms with Crippen LogP contribution < -0.4 is 76.5 Å². The summed E-state index contributed by atoms with van der Waals surface area (Å²) in [4.78, 5) is 168. The summed E-state index contributed by atoms with van der Waals surface area (Å²) >= 11 is 0. The van der Waals surface area contributed by atoms with Crippen molar-refractivity contribution < 1.29 is 88.2 Å². The minimum atomic E-state index is -2.47. The maximum Gasteiger partial charge on any atom is 0.328 e. The number of amides is 11. The molecule has 0 spiro atoms. The molecule has 0 bridgehead atoms. The highest BCUT2D eigenvalue weighted by Crippen LogP contribution is 2.18. The van der Waals surface area contributed by atoms with Crippen LogP contribution in [0, 0.1) is 29.6 Å². The highest BCUT2D eigenvalue weighted by atomic mass is 16.4. The van der Waals surface area contributed by atoms with Crippen molar-refractivity contribution in [2.45, 2.75) is 200 Å². The van der Waals surface area contributed by atoms with Gasteiger partial charge >= 0.3 is 5.97 Å². The van der Waals surface area contributed by atoms with Crippen molar-refractivity contribution in [2.24, 2.45) is 63.3 Å². The van der Waals surface area contributed by atoms with E-state index in [2.05, 4.69) is 47.5 Å². The predicted octanol–water partition coefficient (Wildman–Crippen LogP) is -6.03. The molecule has 532 valence electrons. The van der Waals surface area contributed by atoms with Crippen LogP contribution in [0.4, 0.5) is 0 Å². The number of aliphatic imine (C=N–C) groups is 1. The first-order valence-electron chi connectivity index (χ1n) is 31.3. The number of nitrogens with one attached hydrogen (secondary N) is 9. The smallest absolute Gasteiger partial charge is 0.328 e. The molecule has 34 nitrogen and oxygen atoms in total. The molecule has 0 saturated heterocycles. The molecular weight excluding hydrogens is 1230 g/mol. The number of hydrogen-bond donors (Lipinski definition) is 20. The fourth-order valence-electron chi connectivity index (χ4n) is 9.54. The Morgan fingerprint density at radius 3 is 1.59 bits per heavy atom. The number of aromatic hydroxyl groups is 1. The number of rotatable bonds is 43. The van der Waals surface area contributed by atoms with Gasteiger partial charge in [-0.3, -0.25) is 57.7 Å². The van der Waals surface area contributed by atoms with E-state index in [0.29, 0.717) is 16.9 Å². The minimum absolute atomic E-state index is 0.0363. The Morgan fingerprint density at radius 2 is 1.11 bits per heavy atom. The Bertz CT molecular complexity index is 2730. The summed E-state index contributed by atoms with van der Waals surface area (Å²) in [5.41, 5.74) is 28.3. The van der Waals surface area contributed by atoms with Gasteiger partial charge in [-0.2, -0.15) is 0 Å². The lowest BCUT2D eigenvalue weighted by Gasteiger charge is -2.32. The summed E-state index contributed by atoms with van der Waals surface area (Å²) in [7, 11) is 0. The zero-order valence-corrected chi connectivity index (χ0v) is 55.6. The molecule has 34 heteroatoms. The maximum atomic E-state index is 14.6. The summed E-state index contributed by atoms with van der Waals surface area (Å²) < 4.78 is 0. The Hall–Kier alpha value is -8.31. The fraction of sp³-hybridized carbons (Fsp3) is 0.683. The van der Waals surface area contributed by atoms with Crippen LogP contribution in [-0.2, 0) is 64.0 Å². The van der Waals surface area contributed by atoms with Gasteiger partial charge in [0.25, 0.3) is 0 Å². The van der Waals surface area contributed by atoms with E-state index in [1.807, 2.05) is 33.0 Å². The number of aliphatic hydroxyl groups excluding tert-OH is 4. The number of nitrogens with two attached hydrogens (primary N) is 5. The molecule has 94 heavy (non-hydrogen) atoms. The van der Waals surface area contributed by atoms with E-state index in [1.165, 1.54) is 18.2 Å². The molecule has 1 aromatic carbocycles. The lowest BCUT2D eigenvalue weighted by atomic mass is 9.96. The number of aliphatic carboxylic acids is 1. The third-order valence-corrected chi connectivity index (χ3v) is 14.9. The van der Waals surface area contributed by atoms with Gasteiger partial charge in [0.15, 0.2) is 18.1 Å². The number of carboxylic acid groups (broad SMARTS) is 1. The monoisotopic (exact) mass is 1340 g/mol. The van der Waals surface area contributed by atoms with Crippen molar-refractivity contribution in [3.8, 4) is 5.75 Å². The Morgan fingerprint density at radius 1 is 0.606 bits per heavy atom. The van der Waals surface area contributed by atoms with Crippen LogP contribution in [0.5, 0.6) is 5.75 Å². The van der Waals surface area contributed by atoms with E-state index in [9.17, 15) is 88.2 Å². The highest BCUT2D eigenvalue weighted by molar-refractivity contribution is 6.00. The second-order valence-corrected chi connectivity index (χ2v) is 24.8. The molecule has 0 fully saturated rings. The fourth-order valence-corrected chi connectivity index (χ4v) is 9.54. The van der Waals surface area contributed by atoms with Crippen molar-refractivity contribution in [2.75, 3.05) is 32.8 Å². The van der Waals surface area contributed by atoms with Gasteiger partial charge in [-0.05, 0) is 86.3 Å². The third-order valence-electron chi connectivity index (χ3n) is 14.9. The average Bonchev–Trinajstić information content (AvgIpc) is 0.851. The lowest BCUT2D eigenvalue weighted by Crippen LogP contribution is -2.63. The molecule has 25 N–H and O–H groups in total. The third kappa shape index (κ3) is 28.9. The van der Waals surface area contributed by atoms with Crippen molar-refractivity contribution >= 4 is 76.9 Å². The number of carboxylic acids is 1. The summed E-state index contributed by atoms with van der Waals surface area (Å²) in [6, 6.07) is -10.3. The van der Waals surface area contributed by atoms with Crippen LogP contribution in [0.3, 0.4) is 0 Å². The first-order chi connectivity index (χ1) is 43.8. The summed E-state index contributed by atoms with van der Waals surface area (Å²) in [5, 5.41) is 84.7. The van der Waals surface area contributed by atoms with Gasteiger partial charge in [0.1, 0.15) is 54.1 Å². The first-order valence-corrected chi connectivity index (χ1v) is 31.3. The molecule has 1 rings (SSSR count). The van der Waals surface area contributed by atoms with E-state index < -0.39 is 181 Å². The van der Waals surface area contributed by atoms with E-state index in [0.717, 1.165) is 6.92 Å². The molecule has 14 atom stereocenters. The number of phenolic OH excluding ortho intramolecular Hbond substituents is 1. The van der Waals surface area contributed by atoms with Crippen LogP contribution in [-0.4, -0.2) is 224 Å². The second kappa shape index (κ2) is 41.4. The van der Waals surface area contributed by atoms with E-state index in [1.54, 1.807) is 47.6 Å². The Labute approximate surface area is 547 Å². The van der Waals surface area contributed by atoms with Gasteiger partial charge in [-0.1, -0.05) is 87.8 Å². The quantitative estimate of drug-likeness (QED) is 0.0164. The minimum Gasteiger partial charge on any atom is -0.508 e. The SMILES string of the molecule is CC[C@H](C)[C@H](NC(=O)[C@@H](CCCN=C(N)N)NC(=O)[C@H](CC(C)C)NC(=O)[C@@H](NC(=O)[C@H](Cc1cccc(O)c1)NC(=O)[C@H](CC(C)C)NC(=O)[C@H](N)CC(C)C)C(O)C(C)C)C(=O)N[C@H](C(=O)NCC(=O)N[C@H](C(=O)N(CCN)[C@@H](CO)C(=O)O)C(O)C(N)=O)[C@H](C)O. The molecule has 0 aliphatic rings. The number of carbonyl (C=O) groups is 12. The number of guanidine groups is 1. The average molecular weight is 1340 g/mol. The first kappa shape index (κ1) is 83.7. The highest BCUT2D eigenvalue weighted by Gasteiger charge is 2.42. The zero-order chi connectivity index (χ0) is 72.0. The molecule has 11 amide bonds.